The minimum Gasteiger partial charge on any atom is -0.204 e. The van der Waals surface area contributed by atoms with Crippen LogP contribution in [0.2, 0.25) is 0 Å². The molecule has 0 radical (unpaired) electrons. The molecule has 1 saturated carbocycles. The molecule has 0 unspecified atom stereocenters. The van der Waals surface area contributed by atoms with Crippen LogP contribution in [-0.4, -0.2) is 0 Å². The highest BCUT2D eigenvalue weighted by Gasteiger charge is 2.45. The zero-order chi connectivity index (χ0) is 9.47. The summed E-state index contributed by atoms with van der Waals surface area (Å²) in [5.41, 5.74) is 0.0584. The van der Waals surface area contributed by atoms with Crippen molar-refractivity contribution in [2.24, 2.45) is 0 Å². The molecule has 0 bridgehead atoms. The zero-order valence-corrected chi connectivity index (χ0v) is 6.85. The molecule has 2 rings (SSSR count). The van der Waals surface area contributed by atoms with E-state index in [4.69, 9.17) is 5.26 Å². The molecule has 0 aromatic heterocycles. The summed E-state index contributed by atoms with van der Waals surface area (Å²) in [5, 5.41) is 8.80. The number of halogens is 2. The molecule has 0 amide bonds. The lowest BCUT2D eigenvalue weighted by Gasteiger charge is -2.05. The summed E-state index contributed by atoms with van der Waals surface area (Å²) in [4.78, 5) is 0. The number of rotatable bonds is 1. The van der Waals surface area contributed by atoms with Crippen LogP contribution in [0.4, 0.5) is 8.78 Å². The van der Waals surface area contributed by atoms with Gasteiger partial charge in [-0.2, -0.15) is 5.26 Å². The number of benzene rings is 1. The van der Waals surface area contributed by atoms with Crippen LogP contribution in [0.3, 0.4) is 0 Å². The zero-order valence-electron chi connectivity index (χ0n) is 6.85. The maximum atomic E-state index is 12.8. The average molecular weight is 179 g/mol. The lowest BCUT2D eigenvalue weighted by atomic mass is 9.98. The Hall–Kier alpha value is -1.43. The van der Waals surface area contributed by atoms with E-state index in [2.05, 4.69) is 6.07 Å². The normalized spacial score (nSPS) is 17.9. The molecule has 1 aliphatic carbocycles. The SMILES string of the molecule is N#CC1(c2ccc(F)c(F)c2)CC1. The Labute approximate surface area is 74.6 Å². The highest BCUT2D eigenvalue weighted by atomic mass is 19.2. The largest absolute Gasteiger partial charge is 0.204 e. The van der Waals surface area contributed by atoms with E-state index in [0.29, 0.717) is 5.56 Å². The Kier molecular flexibility index (Phi) is 1.59. The standard InChI is InChI=1S/C10H7F2N/c11-8-2-1-7(5-9(8)12)10(6-13)3-4-10/h1-2,5H,3-4H2. The van der Waals surface area contributed by atoms with Crippen LogP contribution < -0.4 is 0 Å². The van der Waals surface area contributed by atoms with E-state index in [1.807, 2.05) is 0 Å². The van der Waals surface area contributed by atoms with Crippen molar-refractivity contribution in [2.45, 2.75) is 18.3 Å². The fourth-order valence-corrected chi connectivity index (χ4v) is 1.38. The van der Waals surface area contributed by atoms with Crippen molar-refractivity contribution >= 4 is 0 Å². The maximum Gasteiger partial charge on any atom is 0.159 e. The highest BCUT2D eigenvalue weighted by molar-refractivity contribution is 5.38. The van der Waals surface area contributed by atoms with Crippen molar-refractivity contribution in [3.63, 3.8) is 0 Å². The lowest BCUT2D eigenvalue weighted by Crippen LogP contribution is -2.03. The molecule has 1 aromatic carbocycles. The molecular formula is C10H7F2N. The molecule has 0 saturated heterocycles. The van der Waals surface area contributed by atoms with Crippen LogP contribution in [0.25, 0.3) is 0 Å². The second kappa shape index (κ2) is 2.53. The molecule has 1 aliphatic rings. The van der Waals surface area contributed by atoms with Gasteiger partial charge in [-0.25, -0.2) is 8.78 Å². The fourth-order valence-electron chi connectivity index (χ4n) is 1.38. The molecule has 0 spiro atoms. The molecule has 0 N–H and O–H groups in total. The number of hydrogen-bond donors (Lipinski definition) is 0. The van der Waals surface area contributed by atoms with Gasteiger partial charge in [-0.05, 0) is 30.5 Å². The Morgan fingerprint density at radius 2 is 1.92 bits per heavy atom. The van der Waals surface area contributed by atoms with Gasteiger partial charge in [-0.3, -0.25) is 0 Å². The van der Waals surface area contributed by atoms with Gasteiger partial charge in [0.1, 0.15) is 0 Å². The lowest BCUT2D eigenvalue weighted by molar-refractivity contribution is 0.506. The van der Waals surface area contributed by atoms with E-state index in [1.165, 1.54) is 6.07 Å². The van der Waals surface area contributed by atoms with E-state index in [1.54, 1.807) is 0 Å². The first-order valence-electron chi connectivity index (χ1n) is 4.05. The Bertz CT molecular complexity index is 388. The molecular weight excluding hydrogens is 172 g/mol. The van der Waals surface area contributed by atoms with Crippen LogP contribution in [0.5, 0.6) is 0 Å². The topological polar surface area (TPSA) is 23.8 Å². The second-order valence-corrected chi connectivity index (χ2v) is 3.32. The van der Waals surface area contributed by atoms with Gasteiger partial charge < -0.3 is 0 Å². The van der Waals surface area contributed by atoms with Crippen LogP contribution >= 0.6 is 0 Å². The van der Waals surface area contributed by atoms with Crippen LogP contribution in [0.1, 0.15) is 18.4 Å². The van der Waals surface area contributed by atoms with Crippen molar-refractivity contribution in [1.82, 2.24) is 0 Å². The molecule has 1 fully saturated rings. The van der Waals surface area contributed by atoms with Crippen molar-refractivity contribution in [3.8, 4) is 6.07 Å². The van der Waals surface area contributed by atoms with Crippen LogP contribution in [0, 0.1) is 23.0 Å². The summed E-state index contributed by atoms with van der Waals surface area (Å²) in [5.74, 6) is -1.74. The minimum atomic E-state index is -0.876. The molecule has 0 heterocycles. The summed E-state index contributed by atoms with van der Waals surface area (Å²) in [6, 6.07) is 5.80. The summed E-state index contributed by atoms with van der Waals surface area (Å²) < 4.78 is 25.3. The van der Waals surface area contributed by atoms with Gasteiger partial charge in [0.15, 0.2) is 11.6 Å². The predicted molar refractivity (Wildman–Crippen MR) is 42.9 cm³/mol. The molecule has 1 aromatic rings. The van der Waals surface area contributed by atoms with Gasteiger partial charge in [0, 0.05) is 0 Å². The first-order valence-corrected chi connectivity index (χ1v) is 4.05. The minimum absolute atomic E-state index is 0.533. The quantitative estimate of drug-likeness (QED) is 0.649. The molecule has 0 aliphatic heterocycles. The van der Waals surface area contributed by atoms with Gasteiger partial charge in [-0.1, -0.05) is 6.07 Å². The molecule has 3 heteroatoms. The van der Waals surface area contributed by atoms with Gasteiger partial charge >= 0.3 is 0 Å². The summed E-state index contributed by atoms with van der Waals surface area (Å²) >= 11 is 0. The van der Waals surface area contributed by atoms with Crippen molar-refractivity contribution in [3.05, 3.63) is 35.4 Å². The third-order valence-corrected chi connectivity index (χ3v) is 2.44. The smallest absolute Gasteiger partial charge is 0.159 e. The predicted octanol–water partition coefficient (Wildman–Crippen LogP) is 2.52. The second-order valence-electron chi connectivity index (χ2n) is 3.32. The highest BCUT2D eigenvalue weighted by Crippen LogP contribution is 2.47. The number of nitriles is 1. The van der Waals surface area contributed by atoms with Gasteiger partial charge in [0.2, 0.25) is 0 Å². The van der Waals surface area contributed by atoms with E-state index in [-0.39, 0.29) is 0 Å². The molecule has 1 nitrogen and oxygen atoms in total. The average Bonchev–Trinajstić information content (AvgIpc) is 2.90. The Balaban J connectivity index is 2.44. The summed E-state index contributed by atoms with van der Waals surface area (Å²) in [6.45, 7) is 0. The van der Waals surface area contributed by atoms with Crippen molar-refractivity contribution in [1.29, 1.82) is 5.26 Å². The Morgan fingerprint density at radius 1 is 1.23 bits per heavy atom. The number of nitrogens with zero attached hydrogens (tertiary/aromatic N) is 1. The number of hydrogen-bond acceptors (Lipinski definition) is 1. The van der Waals surface area contributed by atoms with E-state index in [0.717, 1.165) is 25.0 Å². The van der Waals surface area contributed by atoms with Crippen molar-refractivity contribution < 1.29 is 8.78 Å². The van der Waals surface area contributed by atoms with Gasteiger partial charge in [0.05, 0.1) is 11.5 Å². The van der Waals surface area contributed by atoms with Gasteiger partial charge in [-0.15, -0.1) is 0 Å². The van der Waals surface area contributed by atoms with Gasteiger partial charge in [0.25, 0.3) is 0 Å². The molecule has 0 atom stereocenters. The third kappa shape index (κ3) is 1.19. The monoisotopic (exact) mass is 179 g/mol. The van der Waals surface area contributed by atoms with E-state index in [9.17, 15) is 8.78 Å². The first-order chi connectivity index (χ1) is 6.18. The Morgan fingerprint density at radius 3 is 2.38 bits per heavy atom. The van der Waals surface area contributed by atoms with E-state index < -0.39 is 17.0 Å². The summed E-state index contributed by atoms with van der Waals surface area (Å²) in [6.07, 6.45) is 1.49. The van der Waals surface area contributed by atoms with Crippen LogP contribution in [-0.2, 0) is 5.41 Å². The third-order valence-electron chi connectivity index (χ3n) is 2.44. The summed E-state index contributed by atoms with van der Waals surface area (Å²) in [7, 11) is 0. The van der Waals surface area contributed by atoms with Crippen LogP contribution in [0.15, 0.2) is 18.2 Å². The van der Waals surface area contributed by atoms with E-state index >= 15 is 0 Å². The molecule has 13 heavy (non-hydrogen) atoms. The molecule has 66 valence electrons. The maximum absolute atomic E-state index is 12.8. The fraction of sp³-hybridized carbons (Fsp3) is 0.300. The first kappa shape index (κ1) is 8.18. The van der Waals surface area contributed by atoms with Crippen molar-refractivity contribution in [2.75, 3.05) is 0 Å².